The Balaban J connectivity index is 1.89. The number of nitrogens with zero attached hydrogens (tertiary/aromatic N) is 2. The molecule has 5 rings (SSSR count). The van der Waals surface area contributed by atoms with Gasteiger partial charge in [0, 0.05) is 28.5 Å². The van der Waals surface area contributed by atoms with Gasteiger partial charge in [0.25, 0.3) is 5.91 Å². The molecule has 1 aromatic heterocycles. The Labute approximate surface area is 146 Å². The molecule has 0 spiro atoms. The molecule has 1 aromatic carbocycles. The van der Waals surface area contributed by atoms with Crippen LogP contribution in [0.25, 0.3) is 0 Å². The summed E-state index contributed by atoms with van der Waals surface area (Å²) in [5.41, 5.74) is 0.309. The molecule has 2 unspecified atom stereocenters. The second-order valence-electron chi connectivity index (χ2n) is 6.41. The average molecular weight is 364 g/mol. The number of aromatic nitrogens is 1. The zero-order chi connectivity index (χ0) is 18.6. The molecule has 26 heavy (non-hydrogen) atoms. The highest BCUT2D eigenvalue weighted by Gasteiger charge is 2.48. The molecule has 2 atom stereocenters. The lowest BCUT2D eigenvalue weighted by atomic mass is 9.73. The predicted molar refractivity (Wildman–Crippen MR) is 86.7 cm³/mol. The summed E-state index contributed by atoms with van der Waals surface area (Å²) in [5, 5.41) is 20.4. The Morgan fingerprint density at radius 1 is 1.00 bits per heavy atom. The molecule has 2 aromatic rings. The molecule has 2 bridgehead atoms. The standard InChI is InChI=1S/C18H15F3N2O3/c19-18(20,21)23(15(24)12-4-2-1-3-5-12)22-16(25)13-10-6-7-11(9-8-10)14(13)17(22)26/h1-7,10-11,25-26H,8-9H2. The van der Waals surface area contributed by atoms with Crippen molar-refractivity contribution in [2.45, 2.75) is 31.0 Å². The van der Waals surface area contributed by atoms with E-state index in [2.05, 4.69) is 0 Å². The zero-order valence-corrected chi connectivity index (χ0v) is 13.4. The van der Waals surface area contributed by atoms with Gasteiger partial charge in [-0.3, -0.25) is 4.79 Å². The maximum Gasteiger partial charge on any atom is 0.506 e. The number of hydrogen-bond acceptors (Lipinski definition) is 3. The number of aromatic hydroxyl groups is 2. The van der Waals surface area contributed by atoms with Crippen molar-refractivity contribution in [3.05, 3.63) is 59.2 Å². The van der Waals surface area contributed by atoms with Gasteiger partial charge in [-0.25, -0.2) is 0 Å². The van der Waals surface area contributed by atoms with Crippen molar-refractivity contribution in [2.75, 3.05) is 5.01 Å². The van der Waals surface area contributed by atoms with Crippen LogP contribution in [0.2, 0.25) is 0 Å². The quantitative estimate of drug-likeness (QED) is 0.630. The van der Waals surface area contributed by atoms with Crippen LogP contribution in [-0.2, 0) is 0 Å². The SMILES string of the molecule is O=C(c1ccccc1)N(n1c(O)c2c(c1O)C1C=CC2CC1)C(F)(F)F. The molecule has 3 aliphatic rings. The van der Waals surface area contributed by atoms with Crippen molar-refractivity contribution in [1.29, 1.82) is 0 Å². The van der Waals surface area contributed by atoms with E-state index in [0.717, 1.165) is 0 Å². The van der Waals surface area contributed by atoms with E-state index in [1.165, 1.54) is 24.3 Å². The van der Waals surface area contributed by atoms with E-state index in [1.54, 1.807) is 6.07 Å². The molecule has 8 heteroatoms. The number of carbonyl (C=O) groups is 1. The van der Waals surface area contributed by atoms with Crippen molar-refractivity contribution < 1.29 is 28.2 Å². The van der Waals surface area contributed by atoms with Crippen molar-refractivity contribution in [3.8, 4) is 11.8 Å². The Morgan fingerprint density at radius 2 is 1.50 bits per heavy atom. The Morgan fingerprint density at radius 3 is 1.92 bits per heavy atom. The molecule has 0 fully saturated rings. The first-order valence-electron chi connectivity index (χ1n) is 8.12. The summed E-state index contributed by atoms with van der Waals surface area (Å²) in [4.78, 5) is 12.5. The number of carbonyl (C=O) groups excluding carboxylic acids is 1. The number of halogens is 3. The van der Waals surface area contributed by atoms with Gasteiger partial charge in [-0.15, -0.1) is 18.2 Å². The van der Waals surface area contributed by atoms with Crippen LogP contribution < -0.4 is 5.01 Å². The summed E-state index contributed by atoms with van der Waals surface area (Å²) in [6.45, 7) is 0. The van der Waals surface area contributed by atoms with Crippen molar-refractivity contribution in [2.24, 2.45) is 0 Å². The van der Waals surface area contributed by atoms with Crippen LogP contribution in [0.3, 0.4) is 0 Å². The molecule has 1 heterocycles. The molecule has 1 amide bonds. The molecule has 0 radical (unpaired) electrons. The highest BCUT2D eigenvalue weighted by Crippen LogP contribution is 2.54. The fraction of sp³-hybridized carbons (Fsp3) is 0.278. The van der Waals surface area contributed by atoms with Crippen molar-refractivity contribution in [3.63, 3.8) is 0 Å². The van der Waals surface area contributed by atoms with Crippen molar-refractivity contribution >= 4 is 5.91 Å². The van der Waals surface area contributed by atoms with Gasteiger partial charge < -0.3 is 10.2 Å². The summed E-state index contributed by atoms with van der Waals surface area (Å²) in [7, 11) is 0. The summed E-state index contributed by atoms with van der Waals surface area (Å²) < 4.78 is 41.3. The van der Waals surface area contributed by atoms with Crippen molar-refractivity contribution in [1.82, 2.24) is 4.68 Å². The molecule has 5 nitrogen and oxygen atoms in total. The number of hydrogen-bond donors (Lipinski definition) is 2. The van der Waals surface area contributed by atoms with E-state index in [1.807, 2.05) is 12.2 Å². The molecule has 3 aliphatic carbocycles. The molecule has 0 saturated carbocycles. The highest BCUT2D eigenvalue weighted by atomic mass is 19.4. The van der Waals surface area contributed by atoms with Gasteiger partial charge in [-0.05, 0) is 25.0 Å². The topological polar surface area (TPSA) is 65.7 Å². The van der Waals surface area contributed by atoms with Gasteiger partial charge in [0.2, 0.25) is 11.8 Å². The molecular formula is C18H15F3N2O3. The lowest BCUT2D eigenvalue weighted by Crippen LogP contribution is -2.50. The second kappa shape index (κ2) is 5.55. The molecule has 136 valence electrons. The molecular weight excluding hydrogens is 349 g/mol. The van der Waals surface area contributed by atoms with Crippen LogP contribution in [0, 0.1) is 0 Å². The van der Waals surface area contributed by atoms with Gasteiger partial charge in [0.1, 0.15) is 0 Å². The fourth-order valence-electron chi connectivity index (χ4n) is 3.81. The van der Waals surface area contributed by atoms with Gasteiger partial charge >= 0.3 is 6.30 Å². The Bertz CT molecular complexity index is 865. The maximum atomic E-state index is 13.7. The minimum absolute atomic E-state index is 0.179. The Kier molecular flexibility index (Phi) is 3.54. The number of alkyl halides is 3. The number of allylic oxidation sites excluding steroid dienone is 2. The highest BCUT2D eigenvalue weighted by molar-refractivity contribution is 6.02. The number of fused-ring (bicyclic) bond motifs is 1. The first-order chi connectivity index (χ1) is 12.3. The number of rotatable bonds is 2. The summed E-state index contributed by atoms with van der Waals surface area (Å²) in [6, 6.07) is 6.92. The fourth-order valence-corrected chi connectivity index (χ4v) is 3.81. The molecule has 2 N–H and O–H groups in total. The molecule has 0 aliphatic heterocycles. The predicted octanol–water partition coefficient (Wildman–Crippen LogP) is 3.73. The third kappa shape index (κ3) is 2.28. The second-order valence-corrected chi connectivity index (χ2v) is 6.41. The van der Waals surface area contributed by atoms with Crippen LogP contribution >= 0.6 is 0 Å². The van der Waals surface area contributed by atoms with E-state index in [0.29, 0.717) is 12.8 Å². The van der Waals surface area contributed by atoms with Gasteiger partial charge in [0.05, 0.1) is 0 Å². The van der Waals surface area contributed by atoms with Gasteiger partial charge in [-0.1, -0.05) is 30.4 Å². The number of amides is 1. The van der Waals surface area contributed by atoms with E-state index >= 15 is 0 Å². The van der Waals surface area contributed by atoms with E-state index in [9.17, 15) is 28.2 Å². The summed E-state index contributed by atoms with van der Waals surface area (Å²) in [5.74, 6) is -3.44. The van der Waals surface area contributed by atoms with Crippen LogP contribution in [0.1, 0.15) is 46.2 Å². The van der Waals surface area contributed by atoms with Crippen LogP contribution in [-0.4, -0.2) is 27.1 Å². The lowest BCUT2D eigenvalue weighted by molar-refractivity contribution is -0.139. The van der Waals surface area contributed by atoms with Crippen LogP contribution in [0.5, 0.6) is 11.8 Å². The minimum atomic E-state index is -5.14. The average Bonchev–Trinajstić information content (AvgIpc) is 2.90. The smallest absolute Gasteiger partial charge is 0.493 e. The number of benzene rings is 1. The summed E-state index contributed by atoms with van der Waals surface area (Å²) >= 11 is 0. The maximum absolute atomic E-state index is 13.7. The van der Waals surface area contributed by atoms with Crippen LogP contribution in [0.15, 0.2) is 42.5 Å². The van der Waals surface area contributed by atoms with Gasteiger partial charge in [-0.2, -0.15) is 4.68 Å². The first kappa shape index (κ1) is 16.6. The third-order valence-electron chi connectivity index (χ3n) is 4.93. The van der Waals surface area contributed by atoms with E-state index < -0.39 is 29.0 Å². The Hall–Kier alpha value is -2.90. The monoisotopic (exact) mass is 364 g/mol. The van der Waals surface area contributed by atoms with Gasteiger partial charge in [0.15, 0.2) is 0 Å². The summed E-state index contributed by atoms with van der Waals surface area (Å²) in [6.07, 6.45) is -0.169. The van der Waals surface area contributed by atoms with E-state index in [4.69, 9.17) is 0 Å². The zero-order valence-electron chi connectivity index (χ0n) is 13.4. The minimum Gasteiger partial charge on any atom is -0.493 e. The van der Waals surface area contributed by atoms with E-state index in [-0.39, 0.29) is 33.2 Å². The first-order valence-corrected chi connectivity index (χ1v) is 8.12. The normalized spacial score (nSPS) is 20.9. The third-order valence-corrected chi connectivity index (χ3v) is 4.93. The van der Waals surface area contributed by atoms with Crippen LogP contribution in [0.4, 0.5) is 13.2 Å². The largest absolute Gasteiger partial charge is 0.506 e. The molecule has 0 saturated heterocycles. The lowest BCUT2D eigenvalue weighted by Gasteiger charge is -2.30.